The van der Waals surface area contributed by atoms with E-state index in [9.17, 15) is 4.79 Å². The van der Waals surface area contributed by atoms with Gasteiger partial charge in [0.15, 0.2) is 11.0 Å². The average molecular weight is 471 g/mol. The van der Waals surface area contributed by atoms with Crippen molar-refractivity contribution in [1.29, 1.82) is 0 Å². The maximum absolute atomic E-state index is 12.4. The lowest BCUT2D eigenvalue weighted by molar-refractivity contribution is -0.121. The maximum atomic E-state index is 12.4. The van der Waals surface area contributed by atoms with Crippen LogP contribution < -0.4 is 5.32 Å². The zero-order valence-electron chi connectivity index (χ0n) is 19.2. The van der Waals surface area contributed by atoms with E-state index >= 15 is 0 Å². The Kier molecular flexibility index (Phi) is 8.76. The molecule has 1 heterocycles. The Bertz CT molecular complexity index is 1070. The Hall–Kier alpha value is -2.31. The molecule has 32 heavy (non-hydrogen) atoms. The molecule has 0 saturated heterocycles. The number of rotatable bonds is 10. The molecule has 1 N–H and O–H groups in total. The van der Waals surface area contributed by atoms with Gasteiger partial charge in [-0.3, -0.25) is 9.36 Å². The first-order valence-electron chi connectivity index (χ1n) is 11.1. The van der Waals surface area contributed by atoms with Crippen LogP contribution in [0.2, 0.25) is 5.02 Å². The monoisotopic (exact) mass is 470 g/mol. The molecular formula is C25H31ClN4OS. The van der Waals surface area contributed by atoms with Gasteiger partial charge in [0.2, 0.25) is 5.91 Å². The molecule has 0 aliphatic rings. The van der Waals surface area contributed by atoms with Crippen molar-refractivity contribution in [1.82, 2.24) is 20.1 Å². The molecular weight excluding hydrogens is 440 g/mol. The third kappa shape index (κ3) is 6.14. The number of unbranched alkanes of at least 4 members (excludes halogenated alkanes) is 2. The fraction of sp³-hybridized carbons (Fsp3) is 0.400. The summed E-state index contributed by atoms with van der Waals surface area (Å²) in [6.07, 6.45) is 3.57. The topological polar surface area (TPSA) is 59.8 Å². The molecule has 170 valence electrons. The van der Waals surface area contributed by atoms with Crippen LogP contribution in [0.4, 0.5) is 0 Å². The number of hydrogen-bond donors (Lipinski definition) is 1. The Morgan fingerprint density at radius 3 is 2.66 bits per heavy atom. The van der Waals surface area contributed by atoms with Crippen LogP contribution in [0.5, 0.6) is 0 Å². The van der Waals surface area contributed by atoms with E-state index in [0.717, 1.165) is 41.4 Å². The van der Waals surface area contributed by atoms with Crippen LogP contribution >= 0.6 is 23.4 Å². The lowest BCUT2D eigenvalue weighted by Gasteiger charge is -2.18. The molecule has 0 aliphatic heterocycles. The fourth-order valence-electron chi connectivity index (χ4n) is 3.53. The van der Waals surface area contributed by atoms with Gasteiger partial charge in [-0.15, -0.1) is 10.2 Å². The molecule has 3 rings (SSSR count). The fourth-order valence-corrected chi connectivity index (χ4v) is 4.73. The van der Waals surface area contributed by atoms with Crippen LogP contribution in [-0.2, 0) is 10.5 Å². The summed E-state index contributed by atoms with van der Waals surface area (Å²) in [4.78, 5) is 12.4. The van der Waals surface area contributed by atoms with Gasteiger partial charge in [0.05, 0.1) is 11.7 Å². The van der Waals surface area contributed by atoms with E-state index < -0.39 is 0 Å². The molecule has 5 nitrogen and oxygen atoms in total. The van der Waals surface area contributed by atoms with Crippen LogP contribution in [0.15, 0.2) is 47.6 Å². The Morgan fingerprint density at radius 2 is 1.91 bits per heavy atom. The lowest BCUT2D eigenvalue weighted by atomic mass is 10.1. The smallest absolute Gasteiger partial charge is 0.220 e. The lowest BCUT2D eigenvalue weighted by Crippen LogP contribution is -2.28. The molecule has 1 amide bonds. The summed E-state index contributed by atoms with van der Waals surface area (Å²) >= 11 is 7.97. The molecule has 0 bridgehead atoms. The molecule has 0 radical (unpaired) electrons. The zero-order chi connectivity index (χ0) is 23.1. The van der Waals surface area contributed by atoms with Gasteiger partial charge in [0, 0.05) is 17.2 Å². The van der Waals surface area contributed by atoms with Crippen molar-refractivity contribution in [3.05, 3.63) is 70.0 Å². The number of amides is 1. The molecule has 1 atom stereocenters. The zero-order valence-corrected chi connectivity index (χ0v) is 20.8. The van der Waals surface area contributed by atoms with Gasteiger partial charge < -0.3 is 5.32 Å². The highest BCUT2D eigenvalue weighted by molar-refractivity contribution is 7.98. The van der Waals surface area contributed by atoms with E-state index in [-0.39, 0.29) is 11.9 Å². The van der Waals surface area contributed by atoms with Crippen molar-refractivity contribution in [2.75, 3.05) is 0 Å². The Labute approximate surface area is 200 Å². The van der Waals surface area contributed by atoms with Crippen molar-refractivity contribution in [2.45, 2.75) is 70.3 Å². The second kappa shape index (κ2) is 11.5. The maximum Gasteiger partial charge on any atom is 0.220 e. The molecule has 1 aromatic heterocycles. The predicted octanol–water partition coefficient (Wildman–Crippen LogP) is 6.59. The summed E-state index contributed by atoms with van der Waals surface area (Å²) in [6.45, 7) is 8.24. The number of aromatic nitrogens is 3. The highest BCUT2D eigenvalue weighted by Crippen LogP contribution is 2.31. The first kappa shape index (κ1) is 24.3. The standard InChI is InChI=1S/C25H31ClN4OS/c1-5-6-7-12-23(31)27-19(4)24-28-29-25(32-16-20-11-9-8-10-17(20)2)30(24)22-15-21(26)14-13-18(22)3/h8-11,13-15,19H,5-7,12,16H2,1-4H3,(H,27,31). The number of halogens is 1. The minimum absolute atomic E-state index is 0.0393. The third-order valence-corrected chi connectivity index (χ3v) is 6.67. The van der Waals surface area contributed by atoms with Gasteiger partial charge in [-0.2, -0.15) is 0 Å². The predicted molar refractivity (Wildman–Crippen MR) is 133 cm³/mol. The van der Waals surface area contributed by atoms with E-state index in [2.05, 4.69) is 47.6 Å². The molecule has 0 fully saturated rings. The van der Waals surface area contributed by atoms with E-state index in [4.69, 9.17) is 11.6 Å². The number of nitrogens with one attached hydrogen (secondary N) is 1. The molecule has 3 aromatic rings. The normalized spacial score (nSPS) is 12.0. The Balaban J connectivity index is 1.90. The second-order valence-electron chi connectivity index (χ2n) is 8.07. The van der Waals surface area contributed by atoms with Crippen molar-refractivity contribution in [3.63, 3.8) is 0 Å². The number of carbonyl (C=O) groups is 1. The number of nitrogens with zero attached hydrogens (tertiary/aromatic N) is 3. The molecule has 1 unspecified atom stereocenters. The van der Waals surface area contributed by atoms with Crippen molar-refractivity contribution in [3.8, 4) is 5.69 Å². The Morgan fingerprint density at radius 1 is 1.12 bits per heavy atom. The van der Waals surface area contributed by atoms with Crippen molar-refractivity contribution >= 4 is 29.3 Å². The summed E-state index contributed by atoms with van der Waals surface area (Å²) in [5, 5.41) is 13.5. The van der Waals surface area contributed by atoms with Gasteiger partial charge in [0.25, 0.3) is 0 Å². The van der Waals surface area contributed by atoms with Gasteiger partial charge in [0.1, 0.15) is 0 Å². The van der Waals surface area contributed by atoms with Gasteiger partial charge in [-0.05, 0) is 56.0 Å². The van der Waals surface area contributed by atoms with E-state index in [1.54, 1.807) is 11.8 Å². The highest BCUT2D eigenvalue weighted by Gasteiger charge is 2.22. The van der Waals surface area contributed by atoms with Gasteiger partial charge >= 0.3 is 0 Å². The third-order valence-electron chi connectivity index (χ3n) is 5.46. The average Bonchev–Trinajstić information content (AvgIpc) is 3.19. The van der Waals surface area contributed by atoms with Crippen LogP contribution in [0, 0.1) is 13.8 Å². The highest BCUT2D eigenvalue weighted by atomic mass is 35.5. The van der Waals surface area contributed by atoms with Gasteiger partial charge in [-0.1, -0.05) is 73.5 Å². The molecule has 2 aromatic carbocycles. The van der Waals surface area contributed by atoms with Crippen molar-refractivity contribution < 1.29 is 4.79 Å². The summed E-state index contributed by atoms with van der Waals surface area (Å²) in [5.74, 6) is 1.52. The SMILES string of the molecule is CCCCCC(=O)NC(C)c1nnc(SCc2ccccc2C)n1-c1cc(Cl)ccc1C. The number of carbonyl (C=O) groups excluding carboxylic acids is 1. The van der Waals surface area contributed by atoms with Crippen LogP contribution in [0.3, 0.4) is 0 Å². The summed E-state index contributed by atoms with van der Waals surface area (Å²) < 4.78 is 2.03. The molecule has 7 heteroatoms. The summed E-state index contributed by atoms with van der Waals surface area (Å²) in [7, 11) is 0. The minimum atomic E-state index is -0.275. The van der Waals surface area contributed by atoms with Crippen LogP contribution in [0.1, 0.15) is 68.1 Å². The number of hydrogen-bond acceptors (Lipinski definition) is 4. The van der Waals surface area contributed by atoms with Crippen LogP contribution in [-0.4, -0.2) is 20.7 Å². The van der Waals surface area contributed by atoms with E-state index in [1.807, 2.05) is 42.7 Å². The minimum Gasteiger partial charge on any atom is -0.346 e. The van der Waals surface area contributed by atoms with Crippen LogP contribution in [0.25, 0.3) is 5.69 Å². The molecule has 0 spiro atoms. The number of aryl methyl sites for hydroxylation is 2. The van der Waals surface area contributed by atoms with Crippen molar-refractivity contribution in [2.24, 2.45) is 0 Å². The quantitative estimate of drug-likeness (QED) is 0.268. The molecule has 0 aliphatic carbocycles. The summed E-state index contributed by atoms with van der Waals surface area (Å²) in [6, 6.07) is 13.9. The van der Waals surface area contributed by atoms with Gasteiger partial charge in [-0.25, -0.2) is 0 Å². The summed E-state index contributed by atoms with van der Waals surface area (Å²) in [5.41, 5.74) is 4.50. The number of benzene rings is 2. The number of thioether (sulfide) groups is 1. The first-order valence-corrected chi connectivity index (χ1v) is 12.5. The first-order chi connectivity index (χ1) is 15.4. The van der Waals surface area contributed by atoms with E-state index in [0.29, 0.717) is 17.3 Å². The van der Waals surface area contributed by atoms with E-state index in [1.165, 1.54) is 11.1 Å². The largest absolute Gasteiger partial charge is 0.346 e. The molecule has 0 saturated carbocycles. The second-order valence-corrected chi connectivity index (χ2v) is 9.45.